The minimum atomic E-state index is -0.699. The molecular weight excluding hydrogens is 428 g/mol. The average molecular weight is 467 g/mol. The highest BCUT2D eigenvalue weighted by Gasteiger charge is 2.78. The molecular formula is C24H38N2O5S. The number of esters is 1. The molecule has 7 nitrogen and oxygen atoms in total. The minimum absolute atomic E-state index is 0.0987. The molecule has 0 aromatic carbocycles. The van der Waals surface area contributed by atoms with Crippen molar-refractivity contribution < 1.29 is 24.2 Å². The number of hydrogen-bond acceptors (Lipinski definition) is 6. The molecule has 3 saturated heterocycles. The molecule has 0 saturated carbocycles. The summed E-state index contributed by atoms with van der Waals surface area (Å²) in [7, 11) is 0. The van der Waals surface area contributed by atoms with Gasteiger partial charge in [0.2, 0.25) is 11.8 Å². The zero-order chi connectivity index (χ0) is 23.7. The van der Waals surface area contributed by atoms with E-state index in [0.717, 1.165) is 25.7 Å². The number of thioether (sulfide) groups is 1. The predicted molar refractivity (Wildman–Crippen MR) is 125 cm³/mol. The summed E-state index contributed by atoms with van der Waals surface area (Å²) in [6.45, 7) is 12.5. The van der Waals surface area contributed by atoms with Gasteiger partial charge in [-0.1, -0.05) is 25.8 Å². The van der Waals surface area contributed by atoms with Crippen LogP contribution in [0.4, 0.5) is 0 Å². The van der Waals surface area contributed by atoms with Crippen molar-refractivity contribution in [2.45, 2.75) is 81.4 Å². The summed E-state index contributed by atoms with van der Waals surface area (Å²) >= 11 is 1.63. The van der Waals surface area contributed by atoms with Gasteiger partial charge in [-0.05, 0) is 40.0 Å². The Morgan fingerprint density at radius 2 is 2.09 bits per heavy atom. The van der Waals surface area contributed by atoms with Crippen molar-refractivity contribution in [2.24, 2.45) is 11.8 Å². The van der Waals surface area contributed by atoms with Gasteiger partial charge < -0.3 is 19.6 Å². The SMILES string of the molecule is C=CCN(CCCCC)C(=O)C1N([C@H](C)CO)C(=O)[C@@H]2[C@@H](C(=O)OCC)[C@@]3(C)CCC12S3. The standard InChI is InChI=1S/C24H38N2O5S/c1-6-9-10-14-25(13-7-2)21(29)19-24-12-11-23(5,32-24)18(22(30)31-8-3)17(24)20(28)26(19)16(4)15-27/h7,16-19,27H,2,6,8-15H2,1,3-5H3/t16-,17+,18+,19?,23-,24?/m1/s1. The first-order chi connectivity index (χ1) is 15.2. The van der Waals surface area contributed by atoms with Gasteiger partial charge in [0.25, 0.3) is 0 Å². The highest BCUT2D eigenvalue weighted by atomic mass is 32.2. The van der Waals surface area contributed by atoms with Crippen molar-refractivity contribution in [3.05, 3.63) is 12.7 Å². The van der Waals surface area contributed by atoms with Crippen LogP contribution in [0.3, 0.4) is 0 Å². The fraction of sp³-hybridized carbons (Fsp3) is 0.792. The average Bonchev–Trinajstić information content (AvgIpc) is 3.33. The van der Waals surface area contributed by atoms with Gasteiger partial charge in [-0.3, -0.25) is 14.4 Å². The zero-order valence-corrected chi connectivity index (χ0v) is 20.7. The lowest BCUT2D eigenvalue weighted by Crippen LogP contribution is -2.57. The predicted octanol–water partition coefficient (Wildman–Crippen LogP) is 2.62. The van der Waals surface area contributed by atoms with Gasteiger partial charge in [0, 0.05) is 17.8 Å². The minimum Gasteiger partial charge on any atom is -0.466 e. The van der Waals surface area contributed by atoms with Gasteiger partial charge in [0.1, 0.15) is 6.04 Å². The van der Waals surface area contributed by atoms with Crippen molar-refractivity contribution >= 4 is 29.5 Å². The van der Waals surface area contributed by atoms with E-state index in [-0.39, 0.29) is 31.0 Å². The molecule has 8 heteroatoms. The van der Waals surface area contributed by atoms with Crippen LogP contribution in [0.5, 0.6) is 0 Å². The highest BCUT2D eigenvalue weighted by molar-refractivity contribution is 8.02. The van der Waals surface area contributed by atoms with Crippen LogP contribution in [-0.4, -0.2) is 80.6 Å². The van der Waals surface area contributed by atoms with Crippen LogP contribution in [0.15, 0.2) is 12.7 Å². The molecule has 3 aliphatic rings. The Kier molecular flexibility index (Phi) is 7.65. The summed E-state index contributed by atoms with van der Waals surface area (Å²) in [6, 6.07) is -1.21. The fourth-order valence-electron chi connectivity index (χ4n) is 5.97. The number of aliphatic hydroxyl groups is 1. The second-order valence-electron chi connectivity index (χ2n) is 9.54. The summed E-state index contributed by atoms with van der Waals surface area (Å²) in [5.41, 5.74) is 0. The first kappa shape index (κ1) is 25.1. The molecule has 3 fully saturated rings. The number of aliphatic hydroxyl groups excluding tert-OH is 1. The largest absolute Gasteiger partial charge is 0.466 e. The maximum atomic E-state index is 14.0. The number of amides is 2. The van der Waals surface area contributed by atoms with Crippen LogP contribution in [0.1, 0.15) is 59.8 Å². The Morgan fingerprint density at radius 1 is 1.38 bits per heavy atom. The third kappa shape index (κ3) is 3.87. The molecule has 2 unspecified atom stereocenters. The lowest BCUT2D eigenvalue weighted by molar-refractivity contribution is -0.155. The molecule has 180 valence electrons. The monoisotopic (exact) mass is 466 g/mol. The van der Waals surface area contributed by atoms with E-state index in [2.05, 4.69) is 13.5 Å². The molecule has 32 heavy (non-hydrogen) atoms. The van der Waals surface area contributed by atoms with E-state index in [9.17, 15) is 19.5 Å². The third-order valence-corrected chi connectivity index (χ3v) is 9.41. The van der Waals surface area contributed by atoms with Crippen LogP contribution < -0.4 is 0 Å². The Morgan fingerprint density at radius 3 is 2.69 bits per heavy atom. The molecule has 0 aliphatic carbocycles. The molecule has 3 rings (SSSR count). The van der Waals surface area contributed by atoms with Crippen molar-refractivity contribution in [1.29, 1.82) is 0 Å². The van der Waals surface area contributed by atoms with Gasteiger partial charge in [0.15, 0.2) is 0 Å². The molecule has 0 radical (unpaired) electrons. The lowest BCUT2D eigenvalue weighted by atomic mass is 9.66. The Bertz CT molecular complexity index is 761. The van der Waals surface area contributed by atoms with Crippen molar-refractivity contribution in [1.82, 2.24) is 9.80 Å². The molecule has 0 aromatic rings. The van der Waals surface area contributed by atoms with E-state index in [1.807, 2.05) is 6.92 Å². The van der Waals surface area contributed by atoms with Crippen molar-refractivity contribution in [2.75, 3.05) is 26.3 Å². The van der Waals surface area contributed by atoms with Gasteiger partial charge in [-0.25, -0.2) is 0 Å². The highest BCUT2D eigenvalue weighted by Crippen LogP contribution is 2.71. The fourth-order valence-corrected chi connectivity index (χ4v) is 8.29. The quantitative estimate of drug-likeness (QED) is 0.286. The first-order valence-corrected chi connectivity index (χ1v) is 12.7. The van der Waals surface area contributed by atoms with E-state index < -0.39 is 33.4 Å². The molecule has 2 bridgehead atoms. The van der Waals surface area contributed by atoms with E-state index in [4.69, 9.17) is 4.74 Å². The van der Waals surface area contributed by atoms with Gasteiger partial charge in [-0.15, -0.1) is 18.3 Å². The summed E-state index contributed by atoms with van der Waals surface area (Å²) in [5, 5.41) is 9.93. The van der Waals surface area contributed by atoms with E-state index >= 15 is 0 Å². The zero-order valence-electron chi connectivity index (χ0n) is 19.8. The molecule has 6 atom stereocenters. The second kappa shape index (κ2) is 9.75. The normalized spacial score (nSPS) is 33.8. The number of carbonyl (C=O) groups excluding carboxylic acids is 3. The van der Waals surface area contributed by atoms with E-state index in [1.165, 1.54) is 0 Å². The topological polar surface area (TPSA) is 87.2 Å². The van der Waals surface area contributed by atoms with E-state index in [0.29, 0.717) is 19.5 Å². The summed E-state index contributed by atoms with van der Waals surface area (Å²) < 4.78 is 4.29. The molecule has 0 aromatic heterocycles. The summed E-state index contributed by atoms with van der Waals surface area (Å²) in [6.07, 6.45) is 6.13. The number of carbonyl (C=O) groups is 3. The molecule has 2 amide bonds. The van der Waals surface area contributed by atoms with Crippen molar-refractivity contribution in [3.8, 4) is 0 Å². The number of fused-ring (bicyclic) bond motifs is 1. The molecule has 1 spiro atoms. The smallest absolute Gasteiger partial charge is 0.311 e. The summed E-state index contributed by atoms with van der Waals surface area (Å²) in [5.74, 6) is -1.83. The van der Waals surface area contributed by atoms with Gasteiger partial charge in [0.05, 0.1) is 35.8 Å². The number of likely N-dealkylation sites (tertiary alicyclic amines) is 1. The van der Waals surface area contributed by atoms with Gasteiger partial charge >= 0.3 is 5.97 Å². The number of rotatable bonds is 11. The molecule has 3 aliphatic heterocycles. The number of nitrogens with zero attached hydrogens (tertiary/aromatic N) is 2. The molecule has 1 N–H and O–H groups in total. The van der Waals surface area contributed by atoms with E-state index in [1.54, 1.807) is 41.5 Å². The number of ether oxygens (including phenoxy) is 1. The maximum Gasteiger partial charge on any atom is 0.311 e. The van der Waals surface area contributed by atoms with Crippen LogP contribution in [0.25, 0.3) is 0 Å². The Labute approximate surface area is 195 Å². The summed E-state index contributed by atoms with van der Waals surface area (Å²) in [4.78, 5) is 44.2. The van der Waals surface area contributed by atoms with Gasteiger partial charge in [-0.2, -0.15) is 0 Å². The molecule has 3 heterocycles. The number of hydrogen-bond donors (Lipinski definition) is 1. The number of unbranched alkanes of at least 4 members (excludes halogenated alkanes) is 2. The first-order valence-electron chi connectivity index (χ1n) is 11.9. The van der Waals surface area contributed by atoms with Crippen LogP contribution in [-0.2, 0) is 19.1 Å². The lowest BCUT2D eigenvalue weighted by Gasteiger charge is -2.38. The Balaban J connectivity index is 2.03. The van der Waals surface area contributed by atoms with Crippen molar-refractivity contribution in [3.63, 3.8) is 0 Å². The maximum absolute atomic E-state index is 14.0. The second-order valence-corrected chi connectivity index (χ2v) is 11.4. The Hall–Kier alpha value is -1.54. The van der Waals surface area contributed by atoms with Crippen LogP contribution in [0, 0.1) is 11.8 Å². The van der Waals surface area contributed by atoms with Crippen LogP contribution >= 0.6 is 11.8 Å². The third-order valence-electron chi connectivity index (χ3n) is 7.42. The van der Waals surface area contributed by atoms with Crippen LogP contribution in [0.2, 0.25) is 0 Å².